The minimum atomic E-state index is -4.12. The van der Waals surface area contributed by atoms with Crippen molar-refractivity contribution in [3.63, 3.8) is 0 Å². The van der Waals surface area contributed by atoms with Crippen LogP contribution in [0.4, 0.5) is 8.78 Å². The zero-order valence-corrected chi connectivity index (χ0v) is 12.5. The monoisotopic (exact) mass is 368 g/mol. The molecule has 110 valence electrons. The molecule has 1 aromatic carbocycles. The first-order chi connectivity index (χ1) is 9.31. The number of piperidine rings is 1. The van der Waals surface area contributed by atoms with E-state index in [1.165, 1.54) is 0 Å². The van der Waals surface area contributed by atoms with Gasteiger partial charge in [0.1, 0.15) is 10.7 Å². The van der Waals surface area contributed by atoms with Crippen molar-refractivity contribution in [3.8, 4) is 0 Å². The van der Waals surface area contributed by atoms with Crippen molar-refractivity contribution in [1.29, 1.82) is 0 Å². The molecule has 2 rings (SSSR count). The van der Waals surface area contributed by atoms with Crippen molar-refractivity contribution in [1.82, 2.24) is 10.0 Å². The van der Waals surface area contributed by atoms with E-state index in [4.69, 9.17) is 0 Å². The molecule has 1 amide bonds. The van der Waals surface area contributed by atoms with E-state index in [1.54, 1.807) is 0 Å². The number of carbonyl (C=O) groups is 1. The summed E-state index contributed by atoms with van der Waals surface area (Å²) >= 11 is 2.66. The highest BCUT2D eigenvalue weighted by atomic mass is 79.9. The number of benzene rings is 1. The smallest absolute Gasteiger partial charge is 0.243 e. The summed E-state index contributed by atoms with van der Waals surface area (Å²) in [5.74, 6) is -2.22. The van der Waals surface area contributed by atoms with E-state index in [2.05, 4.69) is 26.0 Å². The molecule has 1 aliphatic rings. The average Bonchev–Trinajstić information content (AvgIpc) is 2.38. The van der Waals surface area contributed by atoms with Gasteiger partial charge in [-0.1, -0.05) is 0 Å². The molecule has 1 heterocycles. The Labute approximate surface area is 122 Å². The Bertz CT molecular complexity index is 641. The number of sulfonamides is 1. The zero-order chi connectivity index (χ0) is 14.9. The van der Waals surface area contributed by atoms with Crippen LogP contribution in [0.15, 0.2) is 21.5 Å². The predicted octanol–water partition coefficient (Wildman–Crippen LogP) is 1.28. The molecule has 0 bridgehead atoms. The average molecular weight is 369 g/mol. The van der Waals surface area contributed by atoms with Crippen LogP contribution in [-0.2, 0) is 14.8 Å². The van der Waals surface area contributed by atoms with Gasteiger partial charge in [0.15, 0.2) is 5.82 Å². The summed E-state index contributed by atoms with van der Waals surface area (Å²) in [6.07, 6.45) is 0.526. The third-order valence-corrected chi connectivity index (χ3v) is 5.14. The first kappa shape index (κ1) is 15.3. The maximum atomic E-state index is 13.8. The van der Waals surface area contributed by atoms with E-state index in [-0.39, 0.29) is 18.9 Å². The molecular formula is C11H11BrF2N2O3S. The molecular weight excluding hydrogens is 358 g/mol. The lowest BCUT2D eigenvalue weighted by Gasteiger charge is -2.23. The lowest BCUT2D eigenvalue weighted by atomic mass is 10.1. The minimum absolute atomic E-state index is 0.141. The zero-order valence-electron chi connectivity index (χ0n) is 10.1. The van der Waals surface area contributed by atoms with Gasteiger partial charge >= 0.3 is 0 Å². The molecule has 0 saturated carbocycles. The van der Waals surface area contributed by atoms with Gasteiger partial charge in [-0.25, -0.2) is 21.9 Å². The molecule has 20 heavy (non-hydrogen) atoms. The molecule has 0 spiro atoms. The lowest BCUT2D eigenvalue weighted by molar-refractivity contribution is -0.122. The summed E-state index contributed by atoms with van der Waals surface area (Å²) in [6.45, 7) is 0.141. The van der Waals surface area contributed by atoms with Crippen LogP contribution in [0, 0.1) is 11.6 Å². The fourth-order valence-corrected chi connectivity index (χ4v) is 3.66. The van der Waals surface area contributed by atoms with Crippen LogP contribution in [0.25, 0.3) is 0 Å². The predicted molar refractivity (Wildman–Crippen MR) is 70.4 cm³/mol. The molecule has 9 heteroatoms. The van der Waals surface area contributed by atoms with Crippen molar-refractivity contribution >= 4 is 31.9 Å². The van der Waals surface area contributed by atoms with Gasteiger partial charge in [-0.3, -0.25) is 4.79 Å². The second-order valence-electron chi connectivity index (χ2n) is 4.33. The van der Waals surface area contributed by atoms with Crippen LogP contribution in [0.1, 0.15) is 12.8 Å². The fourth-order valence-electron chi connectivity index (χ4n) is 1.83. The van der Waals surface area contributed by atoms with Crippen LogP contribution in [0.5, 0.6) is 0 Å². The van der Waals surface area contributed by atoms with Crippen LogP contribution < -0.4 is 10.0 Å². The quantitative estimate of drug-likeness (QED) is 0.789. The summed E-state index contributed by atoms with van der Waals surface area (Å²) in [5.41, 5.74) is 0. The molecule has 1 atom stereocenters. The molecule has 0 aromatic heterocycles. The number of hydrogen-bond donors (Lipinski definition) is 2. The second-order valence-corrected chi connectivity index (χ2v) is 6.81. The highest BCUT2D eigenvalue weighted by Gasteiger charge is 2.27. The number of hydrogen-bond acceptors (Lipinski definition) is 3. The fraction of sp³-hybridized carbons (Fsp3) is 0.364. The number of carbonyl (C=O) groups excluding carboxylic acids is 1. The van der Waals surface area contributed by atoms with E-state index in [1.807, 2.05) is 0 Å². The Morgan fingerprint density at radius 1 is 1.35 bits per heavy atom. The van der Waals surface area contributed by atoms with E-state index >= 15 is 0 Å². The van der Waals surface area contributed by atoms with Gasteiger partial charge in [-0.2, -0.15) is 0 Å². The molecule has 5 nitrogen and oxygen atoms in total. The van der Waals surface area contributed by atoms with E-state index in [0.29, 0.717) is 6.42 Å². The molecule has 1 aliphatic heterocycles. The number of nitrogens with one attached hydrogen (secondary N) is 2. The Morgan fingerprint density at radius 3 is 2.65 bits per heavy atom. The Kier molecular flexibility index (Phi) is 4.40. The summed E-state index contributed by atoms with van der Waals surface area (Å²) in [4.78, 5) is 10.3. The highest BCUT2D eigenvalue weighted by Crippen LogP contribution is 2.25. The van der Waals surface area contributed by atoms with Gasteiger partial charge in [0.05, 0.1) is 4.47 Å². The van der Waals surface area contributed by atoms with Crippen molar-refractivity contribution in [2.45, 2.75) is 23.8 Å². The molecule has 1 saturated heterocycles. The SMILES string of the molecule is O=C1CCC(NS(=O)(=O)c2ccc(F)c(Br)c2F)CN1. The standard InChI is InChI=1S/C11H11BrF2N2O3S/c12-10-7(13)2-3-8(11(10)14)20(18,19)16-6-1-4-9(17)15-5-6/h2-3,6,16H,1,4-5H2,(H,15,17). The lowest BCUT2D eigenvalue weighted by Crippen LogP contribution is -2.47. The van der Waals surface area contributed by atoms with Crippen molar-refractivity contribution < 1.29 is 22.0 Å². The van der Waals surface area contributed by atoms with E-state index in [0.717, 1.165) is 12.1 Å². The normalized spacial score (nSPS) is 19.8. The molecule has 1 aromatic rings. The van der Waals surface area contributed by atoms with Gasteiger partial charge in [0, 0.05) is 19.0 Å². The van der Waals surface area contributed by atoms with Gasteiger partial charge in [0.25, 0.3) is 0 Å². The minimum Gasteiger partial charge on any atom is -0.355 e. The Hall–Kier alpha value is -1.06. The maximum Gasteiger partial charge on any atom is 0.243 e. The number of halogens is 3. The first-order valence-electron chi connectivity index (χ1n) is 5.74. The van der Waals surface area contributed by atoms with Crippen LogP contribution in [0.3, 0.4) is 0 Å². The molecule has 0 radical (unpaired) electrons. The van der Waals surface area contributed by atoms with Crippen molar-refractivity contribution in [2.24, 2.45) is 0 Å². The highest BCUT2D eigenvalue weighted by molar-refractivity contribution is 9.10. The Morgan fingerprint density at radius 2 is 2.05 bits per heavy atom. The van der Waals surface area contributed by atoms with Crippen LogP contribution in [-0.4, -0.2) is 26.9 Å². The number of rotatable bonds is 3. The van der Waals surface area contributed by atoms with E-state index < -0.39 is 37.1 Å². The third-order valence-electron chi connectivity index (χ3n) is 2.88. The molecule has 1 unspecified atom stereocenters. The van der Waals surface area contributed by atoms with Crippen molar-refractivity contribution in [2.75, 3.05) is 6.54 Å². The maximum absolute atomic E-state index is 13.8. The molecule has 1 fully saturated rings. The van der Waals surface area contributed by atoms with Crippen LogP contribution in [0.2, 0.25) is 0 Å². The summed E-state index contributed by atoms with van der Waals surface area (Å²) in [7, 11) is -4.12. The topological polar surface area (TPSA) is 75.3 Å². The van der Waals surface area contributed by atoms with Gasteiger partial charge in [-0.15, -0.1) is 0 Å². The van der Waals surface area contributed by atoms with Gasteiger partial charge in [-0.05, 0) is 34.5 Å². The largest absolute Gasteiger partial charge is 0.355 e. The Balaban J connectivity index is 2.23. The third kappa shape index (κ3) is 3.15. The molecule has 0 aliphatic carbocycles. The summed E-state index contributed by atoms with van der Waals surface area (Å²) in [5, 5.41) is 2.51. The van der Waals surface area contributed by atoms with Crippen LogP contribution >= 0.6 is 15.9 Å². The summed E-state index contributed by atoms with van der Waals surface area (Å²) in [6, 6.07) is 1.21. The van der Waals surface area contributed by atoms with Gasteiger partial charge < -0.3 is 5.32 Å². The first-order valence-corrected chi connectivity index (χ1v) is 8.01. The van der Waals surface area contributed by atoms with Crippen molar-refractivity contribution in [3.05, 3.63) is 28.2 Å². The second kappa shape index (κ2) is 5.74. The van der Waals surface area contributed by atoms with E-state index in [9.17, 15) is 22.0 Å². The van der Waals surface area contributed by atoms with Gasteiger partial charge in [0.2, 0.25) is 15.9 Å². The summed E-state index contributed by atoms with van der Waals surface area (Å²) < 4.78 is 52.8. The molecule has 2 N–H and O–H groups in total. The number of amides is 1.